The Balaban J connectivity index is 1.96. The van der Waals surface area contributed by atoms with E-state index in [0.29, 0.717) is 6.42 Å². The molecule has 0 aromatic rings. The van der Waals surface area contributed by atoms with Crippen LogP contribution in [-0.2, 0) is 4.79 Å². The van der Waals surface area contributed by atoms with E-state index < -0.39 is 11.5 Å². The Kier molecular flexibility index (Phi) is 5.45. The van der Waals surface area contributed by atoms with E-state index in [1.165, 1.54) is 0 Å². The summed E-state index contributed by atoms with van der Waals surface area (Å²) < 4.78 is 0. The van der Waals surface area contributed by atoms with Crippen molar-refractivity contribution in [1.29, 1.82) is 0 Å². The molecular weight excluding hydrogens is 272 g/mol. The summed E-state index contributed by atoms with van der Waals surface area (Å²) in [6, 6.07) is 0.0546. The number of carboxylic acid groups (broad SMARTS) is 1. The summed E-state index contributed by atoms with van der Waals surface area (Å²) in [5.41, 5.74) is -0.562. The van der Waals surface area contributed by atoms with Crippen molar-refractivity contribution in [2.45, 2.75) is 69.4 Å². The lowest BCUT2D eigenvalue weighted by Crippen LogP contribution is -2.53. The molecule has 21 heavy (non-hydrogen) atoms. The standard InChI is InChI=1S/C15H26N2O4/c18-10-4-6-12-5-3-9-17(12)14(21)16-15(11-13(19)20)7-1-2-8-15/h12,18H,1-11H2,(H,16,21)(H,19,20). The van der Waals surface area contributed by atoms with Gasteiger partial charge in [0, 0.05) is 19.2 Å². The zero-order chi connectivity index (χ0) is 15.3. The number of hydrogen-bond acceptors (Lipinski definition) is 3. The molecule has 6 heteroatoms. The fourth-order valence-electron chi connectivity index (χ4n) is 3.72. The van der Waals surface area contributed by atoms with Crippen LogP contribution in [0.5, 0.6) is 0 Å². The van der Waals surface area contributed by atoms with Crippen molar-refractivity contribution in [1.82, 2.24) is 10.2 Å². The van der Waals surface area contributed by atoms with Gasteiger partial charge in [0.2, 0.25) is 0 Å². The third-order valence-corrected chi connectivity index (χ3v) is 4.76. The summed E-state index contributed by atoms with van der Waals surface area (Å²) in [7, 11) is 0. The van der Waals surface area contributed by atoms with Crippen molar-refractivity contribution in [3.05, 3.63) is 0 Å². The summed E-state index contributed by atoms with van der Waals surface area (Å²) in [5, 5.41) is 21.0. The monoisotopic (exact) mass is 298 g/mol. The lowest BCUT2D eigenvalue weighted by atomic mass is 9.93. The molecule has 1 saturated carbocycles. The van der Waals surface area contributed by atoms with Crippen molar-refractivity contribution < 1.29 is 19.8 Å². The van der Waals surface area contributed by atoms with Crippen molar-refractivity contribution in [2.75, 3.05) is 13.2 Å². The maximum Gasteiger partial charge on any atom is 0.318 e. The first-order valence-electron chi connectivity index (χ1n) is 7.98. The predicted octanol–water partition coefficient (Wildman–Crippen LogP) is 1.72. The quantitative estimate of drug-likeness (QED) is 0.696. The van der Waals surface area contributed by atoms with Gasteiger partial charge < -0.3 is 20.4 Å². The lowest BCUT2D eigenvalue weighted by molar-refractivity contribution is -0.138. The van der Waals surface area contributed by atoms with Crippen LogP contribution < -0.4 is 5.32 Å². The molecule has 2 amide bonds. The Bertz CT molecular complexity index is 380. The number of aliphatic hydroxyl groups is 1. The Morgan fingerprint density at radius 3 is 2.57 bits per heavy atom. The Labute approximate surface area is 125 Å². The number of rotatable bonds is 6. The molecule has 1 unspecified atom stereocenters. The SMILES string of the molecule is O=C(O)CC1(NC(=O)N2CCCC2CCCO)CCCC1. The largest absolute Gasteiger partial charge is 0.481 e. The van der Waals surface area contributed by atoms with E-state index in [-0.39, 0.29) is 25.1 Å². The third kappa shape index (κ3) is 4.09. The van der Waals surface area contributed by atoms with Crippen LogP contribution in [0.25, 0.3) is 0 Å². The molecule has 0 aromatic carbocycles. The first kappa shape index (κ1) is 16.1. The Hall–Kier alpha value is -1.30. The van der Waals surface area contributed by atoms with Gasteiger partial charge in [-0.1, -0.05) is 12.8 Å². The summed E-state index contributed by atoms with van der Waals surface area (Å²) in [4.78, 5) is 25.4. The molecule has 0 bridgehead atoms. The van der Waals surface area contributed by atoms with Gasteiger partial charge in [-0.3, -0.25) is 4.79 Å². The van der Waals surface area contributed by atoms with Gasteiger partial charge >= 0.3 is 12.0 Å². The van der Waals surface area contributed by atoms with Crippen LogP contribution >= 0.6 is 0 Å². The van der Waals surface area contributed by atoms with Gasteiger partial charge in [0.25, 0.3) is 0 Å². The van der Waals surface area contributed by atoms with Gasteiger partial charge in [0.05, 0.1) is 12.0 Å². The minimum absolute atomic E-state index is 0.00782. The molecule has 0 aromatic heterocycles. The maximum atomic E-state index is 12.5. The van der Waals surface area contributed by atoms with Crippen molar-refractivity contribution in [2.24, 2.45) is 0 Å². The lowest BCUT2D eigenvalue weighted by Gasteiger charge is -2.33. The van der Waals surface area contributed by atoms with Gasteiger partial charge in [0.1, 0.15) is 0 Å². The summed E-state index contributed by atoms with van der Waals surface area (Å²) in [5.74, 6) is -0.851. The first-order chi connectivity index (χ1) is 10.1. The number of carbonyl (C=O) groups is 2. The highest BCUT2D eigenvalue weighted by Crippen LogP contribution is 2.33. The van der Waals surface area contributed by atoms with Gasteiger partial charge in [0.15, 0.2) is 0 Å². The van der Waals surface area contributed by atoms with E-state index in [9.17, 15) is 9.59 Å². The van der Waals surface area contributed by atoms with Crippen LogP contribution in [0.2, 0.25) is 0 Å². The highest BCUT2D eigenvalue weighted by Gasteiger charge is 2.40. The Morgan fingerprint density at radius 1 is 1.24 bits per heavy atom. The van der Waals surface area contributed by atoms with Crippen LogP contribution in [0.3, 0.4) is 0 Å². The normalized spacial score (nSPS) is 24.2. The smallest absolute Gasteiger partial charge is 0.318 e. The predicted molar refractivity (Wildman–Crippen MR) is 78.0 cm³/mol. The average Bonchev–Trinajstić information content (AvgIpc) is 3.04. The number of carboxylic acids is 1. The molecule has 1 saturated heterocycles. The van der Waals surface area contributed by atoms with Gasteiger partial charge in [-0.15, -0.1) is 0 Å². The molecule has 0 radical (unpaired) electrons. The number of nitrogens with one attached hydrogen (secondary N) is 1. The van der Waals surface area contributed by atoms with Crippen LogP contribution in [0, 0.1) is 0 Å². The van der Waals surface area contributed by atoms with Gasteiger partial charge in [-0.2, -0.15) is 0 Å². The highest BCUT2D eigenvalue weighted by atomic mass is 16.4. The number of hydrogen-bond donors (Lipinski definition) is 3. The minimum Gasteiger partial charge on any atom is -0.481 e. The van der Waals surface area contributed by atoms with E-state index >= 15 is 0 Å². The van der Waals surface area contributed by atoms with Crippen LogP contribution in [0.15, 0.2) is 0 Å². The van der Waals surface area contributed by atoms with E-state index in [1.807, 2.05) is 4.90 Å². The molecule has 6 nitrogen and oxygen atoms in total. The molecule has 2 aliphatic rings. The number of carbonyl (C=O) groups excluding carboxylic acids is 1. The molecule has 1 aliphatic heterocycles. The molecule has 2 fully saturated rings. The molecule has 1 heterocycles. The average molecular weight is 298 g/mol. The number of urea groups is 1. The number of aliphatic carboxylic acids is 1. The minimum atomic E-state index is -0.851. The first-order valence-corrected chi connectivity index (χ1v) is 7.98. The fourth-order valence-corrected chi connectivity index (χ4v) is 3.72. The molecule has 2 rings (SSSR count). The van der Waals surface area contributed by atoms with Crippen molar-refractivity contribution in [3.63, 3.8) is 0 Å². The molecule has 120 valence electrons. The molecular formula is C15H26N2O4. The number of likely N-dealkylation sites (tertiary alicyclic amines) is 1. The van der Waals surface area contributed by atoms with E-state index in [1.54, 1.807) is 0 Å². The number of aliphatic hydroxyl groups excluding tert-OH is 1. The summed E-state index contributed by atoms with van der Waals surface area (Å²) in [6.07, 6.45) is 6.93. The van der Waals surface area contributed by atoms with Crippen LogP contribution in [0.4, 0.5) is 4.79 Å². The van der Waals surface area contributed by atoms with Crippen LogP contribution in [-0.4, -0.2) is 51.8 Å². The van der Waals surface area contributed by atoms with E-state index in [2.05, 4.69) is 5.32 Å². The number of amides is 2. The van der Waals surface area contributed by atoms with Gasteiger partial charge in [-0.05, 0) is 38.5 Å². The molecule has 1 aliphatic carbocycles. The number of nitrogens with zero attached hydrogens (tertiary/aromatic N) is 1. The molecule has 3 N–H and O–H groups in total. The second kappa shape index (κ2) is 7.11. The zero-order valence-electron chi connectivity index (χ0n) is 12.5. The fraction of sp³-hybridized carbons (Fsp3) is 0.867. The zero-order valence-corrected chi connectivity index (χ0v) is 12.5. The molecule has 0 spiro atoms. The second-order valence-electron chi connectivity index (χ2n) is 6.34. The van der Waals surface area contributed by atoms with E-state index in [4.69, 9.17) is 10.2 Å². The van der Waals surface area contributed by atoms with E-state index in [0.717, 1.165) is 51.5 Å². The highest BCUT2D eigenvalue weighted by molar-refractivity contribution is 5.77. The Morgan fingerprint density at radius 2 is 1.95 bits per heavy atom. The summed E-state index contributed by atoms with van der Waals surface area (Å²) >= 11 is 0. The van der Waals surface area contributed by atoms with Gasteiger partial charge in [-0.25, -0.2) is 4.79 Å². The topological polar surface area (TPSA) is 89.9 Å². The van der Waals surface area contributed by atoms with Crippen molar-refractivity contribution in [3.8, 4) is 0 Å². The second-order valence-corrected chi connectivity index (χ2v) is 6.34. The maximum absolute atomic E-state index is 12.5. The molecule has 1 atom stereocenters. The third-order valence-electron chi connectivity index (χ3n) is 4.76. The summed E-state index contributed by atoms with van der Waals surface area (Å²) in [6.45, 7) is 0.875. The van der Waals surface area contributed by atoms with Crippen LogP contribution in [0.1, 0.15) is 57.8 Å². The van der Waals surface area contributed by atoms with Crippen molar-refractivity contribution >= 4 is 12.0 Å².